The van der Waals surface area contributed by atoms with E-state index >= 15 is 0 Å². The van der Waals surface area contributed by atoms with Crippen LogP contribution >= 0.6 is 0 Å². The summed E-state index contributed by atoms with van der Waals surface area (Å²) in [4.78, 5) is 36.7. The zero-order valence-electron chi connectivity index (χ0n) is 15.2. The maximum absolute atomic E-state index is 12.3. The predicted octanol–water partition coefficient (Wildman–Crippen LogP) is 3.59. The molecular weight excluding hydrogens is 346 g/mol. The van der Waals surface area contributed by atoms with Crippen LogP contribution in [0.1, 0.15) is 28.6 Å². The predicted molar refractivity (Wildman–Crippen MR) is 102 cm³/mol. The summed E-state index contributed by atoms with van der Waals surface area (Å²) >= 11 is 0. The third-order valence-electron chi connectivity index (χ3n) is 4.06. The molecule has 27 heavy (non-hydrogen) atoms. The van der Waals surface area contributed by atoms with Gasteiger partial charge in [0.05, 0.1) is 5.39 Å². The summed E-state index contributed by atoms with van der Waals surface area (Å²) < 4.78 is 10.6. The number of anilines is 1. The molecule has 1 N–H and O–H groups in total. The van der Waals surface area contributed by atoms with Crippen LogP contribution in [-0.2, 0) is 9.53 Å². The number of fused-ring (bicyclic) bond motifs is 1. The summed E-state index contributed by atoms with van der Waals surface area (Å²) in [6.07, 6.45) is -1.06. The number of hydrogen-bond acceptors (Lipinski definition) is 5. The normalized spacial score (nSPS) is 11.8. The molecule has 6 heteroatoms. The Morgan fingerprint density at radius 2 is 1.67 bits per heavy atom. The van der Waals surface area contributed by atoms with Gasteiger partial charge >= 0.3 is 5.97 Å². The Morgan fingerprint density at radius 3 is 2.37 bits per heavy atom. The van der Waals surface area contributed by atoms with Crippen molar-refractivity contribution in [3.05, 3.63) is 75.6 Å². The van der Waals surface area contributed by atoms with Gasteiger partial charge in [0.1, 0.15) is 5.58 Å². The molecule has 0 radical (unpaired) electrons. The lowest BCUT2D eigenvalue weighted by molar-refractivity contribution is -0.123. The summed E-state index contributed by atoms with van der Waals surface area (Å²) in [6, 6.07) is 13.4. The number of carbonyl (C=O) groups is 2. The van der Waals surface area contributed by atoms with E-state index in [4.69, 9.17) is 9.15 Å². The Labute approximate surface area is 155 Å². The van der Waals surface area contributed by atoms with E-state index in [2.05, 4.69) is 5.32 Å². The first kappa shape index (κ1) is 18.4. The highest BCUT2D eigenvalue weighted by Gasteiger charge is 2.21. The van der Waals surface area contributed by atoms with Crippen LogP contribution in [0, 0.1) is 13.8 Å². The van der Waals surface area contributed by atoms with Crippen molar-refractivity contribution in [1.82, 2.24) is 0 Å². The van der Waals surface area contributed by atoms with Crippen molar-refractivity contribution in [1.29, 1.82) is 0 Å². The number of amides is 1. The summed E-state index contributed by atoms with van der Waals surface area (Å²) in [5.41, 5.74) is 2.52. The number of nitrogens with one attached hydrogen (secondary N) is 1. The maximum atomic E-state index is 12.3. The second-order valence-corrected chi connectivity index (χ2v) is 6.38. The molecule has 0 saturated heterocycles. The van der Waals surface area contributed by atoms with Gasteiger partial charge in [-0.1, -0.05) is 29.3 Å². The minimum absolute atomic E-state index is 0.244. The van der Waals surface area contributed by atoms with Crippen LogP contribution < -0.4 is 10.7 Å². The fourth-order valence-corrected chi connectivity index (χ4v) is 2.52. The minimum Gasteiger partial charge on any atom is -0.449 e. The quantitative estimate of drug-likeness (QED) is 0.714. The van der Waals surface area contributed by atoms with Gasteiger partial charge in [-0.05, 0) is 45.0 Å². The fraction of sp³-hybridized carbons (Fsp3) is 0.190. The second kappa shape index (κ2) is 7.45. The SMILES string of the molecule is Cc1ccc(NC(=O)[C@H](C)OC(=O)c2cc(=O)c3cc(C)ccc3o2)cc1. The highest BCUT2D eigenvalue weighted by atomic mass is 16.6. The molecule has 3 rings (SSSR count). The molecule has 6 nitrogen and oxygen atoms in total. The molecule has 0 saturated carbocycles. The van der Waals surface area contributed by atoms with E-state index in [1.165, 1.54) is 6.92 Å². The first-order valence-corrected chi connectivity index (χ1v) is 8.46. The van der Waals surface area contributed by atoms with Crippen molar-refractivity contribution in [2.45, 2.75) is 26.9 Å². The number of rotatable bonds is 4. The topological polar surface area (TPSA) is 85.6 Å². The molecular formula is C21H19NO5. The Balaban J connectivity index is 1.73. The van der Waals surface area contributed by atoms with Crippen LogP contribution in [0.4, 0.5) is 5.69 Å². The van der Waals surface area contributed by atoms with E-state index in [1.807, 2.05) is 26.0 Å². The Kier molecular flexibility index (Phi) is 5.07. The molecule has 3 aromatic rings. The molecule has 0 aliphatic rings. The van der Waals surface area contributed by atoms with Gasteiger partial charge in [-0.2, -0.15) is 0 Å². The largest absolute Gasteiger partial charge is 0.449 e. The summed E-state index contributed by atoms with van der Waals surface area (Å²) in [7, 11) is 0. The van der Waals surface area contributed by atoms with E-state index in [9.17, 15) is 14.4 Å². The average molecular weight is 365 g/mol. The van der Waals surface area contributed by atoms with Crippen LogP contribution in [-0.4, -0.2) is 18.0 Å². The molecule has 0 bridgehead atoms. The van der Waals surface area contributed by atoms with Crippen molar-refractivity contribution in [2.24, 2.45) is 0 Å². The van der Waals surface area contributed by atoms with E-state index < -0.39 is 18.0 Å². The third kappa shape index (κ3) is 4.23. The molecule has 0 unspecified atom stereocenters. The van der Waals surface area contributed by atoms with Crippen LogP contribution in [0.25, 0.3) is 11.0 Å². The van der Waals surface area contributed by atoms with Crippen molar-refractivity contribution in [3.8, 4) is 0 Å². The van der Waals surface area contributed by atoms with Gasteiger partial charge < -0.3 is 14.5 Å². The third-order valence-corrected chi connectivity index (χ3v) is 4.06. The first-order valence-electron chi connectivity index (χ1n) is 8.46. The number of aryl methyl sites for hydroxylation is 2. The number of carbonyl (C=O) groups excluding carboxylic acids is 2. The molecule has 138 valence electrons. The van der Waals surface area contributed by atoms with Gasteiger partial charge in [0.25, 0.3) is 5.91 Å². The Bertz CT molecular complexity index is 1070. The molecule has 1 amide bonds. The smallest absolute Gasteiger partial charge is 0.375 e. The molecule has 0 aliphatic carbocycles. The van der Waals surface area contributed by atoms with E-state index in [1.54, 1.807) is 30.3 Å². The van der Waals surface area contributed by atoms with Gasteiger partial charge in [0.2, 0.25) is 5.76 Å². The summed E-state index contributed by atoms with van der Waals surface area (Å²) in [6.45, 7) is 5.24. The number of esters is 1. The van der Waals surface area contributed by atoms with E-state index in [0.717, 1.165) is 17.2 Å². The van der Waals surface area contributed by atoms with Crippen molar-refractivity contribution < 1.29 is 18.7 Å². The van der Waals surface area contributed by atoms with Gasteiger partial charge in [0, 0.05) is 11.8 Å². The summed E-state index contributed by atoms with van der Waals surface area (Å²) in [5, 5.41) is 3.05. The van der Waals surface area contributed by atoms with Crippen molar-refractivity contribution in [2.75, 3.05) is 5.32 Å². The monoisotopic (exact) mass is 365 g/mol. The van der Waals surface area contributed by atoms with Gasteiger partial charge in [-0.15, -0.1) is 0 Å². The van der Waals surface area contributed by atoms with Crippen LogP contribution in [0.15, 0.2) is 57.7 Å². The van der Waals surface area contributed by atoms with Crippen LogP contribution in [0.5, 0.6) is 0 Å². The molecule has 0 aliphatic heterocycles. The number of benzene rings is 2. The maximum Gasteiger partial charge on any atom is 0.375 e. The van der Waals surface area contributed by atoms with Gasteiger partial charge in [-0.3, -0.25) is 9.59 Å². The number of hydrogen-bond donors (Lipinski definition) is 1. The Hall–Kier alpha value is -3.41. The molecule has 1 atom stereocenters. The lowest BCUT2D eigenvalue weighted by Gasteiger charge is -2.13. The van der Waals surface area contributed by atoms with Crippen LogP contribution in [0.3, 0.4) is 0 Å². The molecule has 1 aromatic heterocycles. The van der Waals surface area contributed by atoms with Gasteiger partial charge in [-0.25, -0.2) is 4.79 Å². The van der Waals surface area contributed by atoms with E-state index in [0.29, 0.717) is 11.1 Å². The lowest BCUT2D eigenvalue weighted by Crippen LogP contribution is -2.30. The average Bonchev–Trinajstić information content (AvgIpc) is 2.63. The number of ether oxygens (including phenoxy) is 1. The van der Waals surface area contributed by atoms with Crippen molar-refractivity contribution >= 4 is 28.5 Å². The standard InChI is InChI=1S/C21H19NO5/c1-12-4-7-15(8-5-12)22-20(24)14(3)26-21(25)19-11-17(23)16-10-13(2)6-9-18(16)27-19/h4-11,14H,1-3H3,(H,22,24)/t14-/m0/s1. The lowest BCUT2D eigenvalue weighted by atomic mass is 10.1. The molecule has 0 spiro atoms. The van der Waals surface area contributed by atoms with Crippen LogP contribution in [0.2, 0.25) is 0 Å². The molecule has 0 fully saturated rings. The molecule has 2 aromatic carbocycles. The minimum atomic E-state index is -1.06. The molecule has 1 heterocycles. The van der Waals surface area contributed by atoms with Gasteiger partial charge in [0.15, 0.2) is 11.5 Å². The highest BCUT2D eigenvalue weighted by molar-refractivity contribution is 5.97. The first-order chi connectivity index (χ1) is 12.8. The van der Waals surface area contributed by atoms with E-state index in [-0.39, 0.29) is 16.8 Å². The highest BCUT2D eigenvalue weighted by Crippen LogP contribution is 2.16. The fourth-order valence-electron chi connectivity index (χ4n) is 2.52. The second-order valence-electron chi connectivity index (χ2n) is 6.38. The summed E-state index contributed by atoms with van der Waals surface area (Å²) in [5.74, 6) is -1.60. The zero-order chi connectivity index (χ0) is 19.6. The van der Waals surface area contributed by atoms with Crippen molar-refractivity contribution in [3.63, 3.8) is 0 Å². The Morgan fingerprint density at radius 1 is 1.00 bits per heavy atom. The zero-order valence-corrected chi connectivity index (χ0v) is 15.2.